The van der Waals surface area contributed by atoms with Crippen LogP contribution in [0.2, 0.25) is 0 Å². The van der Waals surface area contributed by atoms with Crippen molar-refractivity contribution in [3.05, 3.63) is 29.8 Å². The molecule has 0 saturated carbocycles. The van der Waals surface area contributed by atoms with Crippen LogP contribution in [0.15, 0.2) is 24.3 Å². The van der Waals surface area contributed by atoms with Crippen molar-refractivity contribution in [1.82, 2.24) is 5.32 Å². The monoisotopic (exact) mass is 341 g/mol. The van der Waals surface area contributed by atoms with Gasteiger partial charge in [0.25, 0.3) is 5.91 Å². The summed E-state index contributed by atoms with van der Waals surface area (Å²) >= 11 is 0. The van der Waals surface area contributed by atoms with Crippen molar-refractivity contribution in [3.63, 3.8) is 0 Å². The van der Waals surface area contributed by atoms with Gasteiger partial charge in [0.15, 0.2) is 0 Å². The first-order chi connectivity index (χ1) is 10.1. The lowest BCUT2D eigenvalue weighted by Crippen LogP contribution is -2.41. The lowest BCUT2D eigenvalue weighted by atomic mass is 9.99. The average Bonchev–Trinajstić information content (AvgIpc) is 2.44. The number of amides is 2. The molecule has 2 atom stereocenters. The Bertz CT molecular complexity index is 541. The average molecular weight is 342 g/mol. The topological polar surface area (TPSA) is 84.2 Å². The van der Waals surface area contributed by atoms with Crippen LogP contribution in [0.3, 0.4) is 0 Å². The Kier molecular flexibility index (Phi) is 8.28. The van der Waals surface area contributed by atoms with Gasteiger partial charge in [0, 0.05) is 16.8 Å². The van der Waals surface area contributed by atoms with Crippen molar-refractivity contribution in [2.45, 2.75) is 52.6 Å². The molecular formula is C17H28ClN3O2. The van der Waals surface area contributed by atoms with Crippen molar-refractivity contribution in [3.8, 4) is 0 Å². The third-order valence-electron chi connectivity index (χ3n) is 3.44. The van der Waals surface area contributed by atoms with Gasteiger partial charge >= 0.3 is 0 Å². The molecule has 0 aromatic heterocycles. The summed E-state index contributed by atoms with van der Waals surface area (Å²) in [6.07, 6.45) is 0.836. The number of nitrogens with two attached hydrogens (primary N) is 1. The van der Waals surface area contributed by atoms with Gasteiger partial charge in [0.05, 0.1) is 6.04 Å². The van der Waals surface area contributed by atoms with Crippen LogP contribution in [0.1, 0.15) is 51.4 Å². The SMILES string of the molecule is CCC(C)C(N)C(=O)Nc1cccc(C(=O)NC(C)(C)C)c1.Cl. The number of anilines is 1. The number of hydrogen-bond donors (Lipinski definition) is 3. The highest BCUT2D eigenvalue weighted by Crippen LogP contribution is 2.14. The minimum absolute atomic E-state index is 0. The number of rotatable bonds is 5. The Balaban J connectivity index is 0.00000484. The van der Waals surface area contributed by atoms with Crippen molar-refractivity contribution in [2.75, 3.05) is 5.32 Å². The molecule has 2 amide bonds. The molecule has 4 N–H and O–H groups in total. The van der Waals surface area contributed by atoms with E-state index in [0.717, 1.165) is 6.42 Å². The fraction of sp³-hybridized carbons (Fsp3) is 0.529. The first-order valence-corrected chi connectivity index (χ1v) is 7.63. The molecule has 0 aliphatic carbocycles. The molecule has 0 bridgehead atoms. The summed E-state index contributed by atoms with van der Waals surface area (Å²) in [7, 11) is 0. The molecule has 0 saturated heterocycles. The zero-order chi connectivity index (χ0) is 16.9. The lowest BCUT2D eigenvalue weighted by Gasteiger charge is -2.21. The summed E-state index contributed by atoms with van der Waals surface area (Å²) in [5, 5.41) is 5.66. The first-order valence-electron chi connectivity index (χ1n) is 7.63. The summed E-state index contributed by atoms with van der Waals surface area (Å²) < 4.78 is 0. The molecule has 0 fully saturated rings. The molecule has 0 aliphatic heterocycles. The third-order valence-corrected chi connectivity index (χ3v) is 3.44. The highest BCUT2D eigenvalue weighted by Gasteiger charge is 2.20. The summed E-state index contributed by atoms with van der Waals surface area (Å²) in [5.74, 6) is -0.301. The highest BCUT2D eigenvalue weighted by atomic mass is 35.5. The summed E-state index contributed by atoms with van der Waals surface area (Å²) in [6.45, 7) is 9.69. The van der Waals surface area contributed by atoms with E-state index in [2.05, 4.69) is 10.6 Å². The van der Waals surface area contributed by atoms with E-state index in [1.807, 2.05) is 34.6 Å². The quantitative estimate of drug-likeness (QED) is 0.769. The molecular weight excluding hydrogens is 314 g/mol. The van der Waals surface area contributed by atoms with Crippen LogP contribution in [-0.2, 0) is 4.79 Å². The zero-order valence-electron chi connectivity index (χ0n) is 14.5. The largest absolute Gasteiger partial charge is 0.347 e. The molecule has 1 rings (SSSR count). The molecule has 2 unspecified atom stereocenters. The van der Waals surface area contributed by atoms with Crippen molar-refractivity contribution >= 4 is 29.9 Å². The first kappa shape index (κ1) is 21.4. The van der Waals surface area contributed by atoms with E-state index in [-0.39, 0.29) is 35.7 Å². The Morgan fingerprint density at radius 2 is 1.87 bits per heavy atom. The number of hydrogen-bond acceptors (Lipinski definition) is 3. The molecule has 1 aromatic carbocycles. The normalized spacial score (nSPS) is 13.5. The number of halogens is 1. The van der Waals surface area contributed by atoms with Gasteiger partial charge in [0.2, 0.25) is 5.91 Å². The maximum atomic E-state index is 12.1. The van der Waals surface area contributed by atoms with Gasteiger partial charge in [-0.15, -0.1) is 12.4 Å². The predicted octanol–water partition coefficient (Wildman–Crippen LogP) is 2.95. The molecule has 0 aliphatic rings. The van der Waals surface area contributed by atoms with Crippen LogP contribution in [0.25, 0.3) is 0 Å². The van der Waals surface area contributed by atoms with E-state index in [1.54, 1.807) is 24.3 Å². The summed E-state index contributed by atoms with van der Waals surface area (Å²) in [4.78, 5) is 24.2. The van der Waals surface area contributed by atoms with Gasteiger partial charge in [-0.05, 0) is 44.9 Å². The van der Waals surface area contributed by atoms with Crippen molar-refractivity contribution in [2.24, 2.45) is 11.7 Å². The van der Waals surface area contributed by atoms with Gasteiger partial charge in [-0.25, -0.2) is 0 Å². The highest BCUT2D eigenvalue weighted by molar-refractivity contribution is 5.98. The van der Waals surface area contributed by atoms with E-state index >= 15 is 0 Å². The third kappa shape index (κ3) is 7.01. The number of nitrogens with one attached hydrogen (secondary N) is 2. The number of carbonyl (C=O) groups is 2. The van der Waals surface area contributed by atoms with Crippen LogP contribution in [0, 0.1) is 5.92 Å². The predicted molar refractivity (Wildman–Crippen MR) is 97.0 cm³/mol. The van der Waals surface area contributed by atoms with Crippen LogP contribution >= 0.6 is 12.4 Å². The fourth-order valence-electron chi connectivity index (χ4n) is 1.89. The van der Waals surface area contributed by atoms with E-state index < -0.39 is 6.04 Å². The van der Waals surface area contributed by atoms with E-state index in [1.165, 1.54) is 0 Å². The van der Waals surface area contributed by atoms with Crippen LogP contribution < -0.4 is 16.4 Å². The molecule has 1 aromatic rings. The smallest absolute Gasteiger partial charge is 0.251 e. The fourth-order valence-corrected chi connectivity index (χ4v) is 1.89. The second kappa shape index (κ2) is 8.89. The van der Waals surface area contributed by atoms with Gasteiger partial charge in [0.1, 0.15) is 0 Å². The van der Waals surface area contributed by atoms with Gasteiger partial charge in [-0.3, -0.25) is 9.59 Å². The molecule has 6 heteroatoms. The second-order valence-corrected chi connectivity index (χ2v) is 6.69. The standard InChI is InChI=1S/C17H27N3O2.ClH/c1-6-11(2)14(18)16(22)19-13-9-7-8-12(10-13)15(21)20-17(3,4)5;/h7-11,14H,6,18H2,1-5H3,(H,19,22)(H,20,21);1H. The molecule has 23 heavy (non-hydrogen) atoms. The molecule has 0 radical (unpaired) electrons. The van der Waals surface area contributed by atoms with Crippen LogP contribution in [-0.4, -0.2) is 23.4 Å². The van der Waals surface area contributed by atoms with E-state index in [9.17, 15) is 9.59 Å². The van der Waals surface area contributed by atoms with Gasteiger partial charge in [-0.1, -0.05) is 26.3 Å². The minimum Gasteiger partial charge on any atom is -0.347 e. The second-order valence-electron chi connectivity index (χ2n) is 6.69. The van der Waals surface area contributed by atoms with E-state index in [0.29, 0.717) is 11.3 Å². The van der Waals surface area contributed by atoms with Crippen molar-refractivity contribution < 1.29 is 9.59 Å². The molecule has 0 spiro atoms. The maximum absolute atomic E-state index is 12.1. The summed E-state index contributed by atoms with van der Waals surface area (Å²) in [6, 6.07) is 6.29. The zero-order valence-corrected chi connectivity index (χ0v) is 15.3. The van der Waals surface area contributed by atoms with Gasteiger partial charge in [-0.2, -0.15) is 0 Å². The number of benzene rings is 1. The molecule has 130 valence electrons. The van der Waals surface area contributed by atoms with Crippen LogP contribution in [0.4, 0.5) is 5.69 Å². The molecule has 5 nitrogen and oxygen atoms in total. The Labute approximate surface area is 144 Å². The summed E-state index contributed by atoms with van der Waals surface area (Å²) in [5.41, 5.74) is 6.68. The Morgan fingerprint density at radius 1 is 1.26 bits per heavy atom. The Morgan fingerprint density at radius 3 is 2.39 bits per heavy atom. The minimum atomic E-state index is -0.558. The lowest BCUT2D eigenvalue weighted by molar-refractivity contribution is -0.118. The van der Waals surface area contributed by atoms with E-state index in [4.69, 9.17) is 5.73 Å². The van der Waals surface area contributed by atoms with Crippen molar-refractivity contribution in [1.29, 1.82) is 0 Å². The molecule has 0 heterocycles. The van der Waals surface area contributed by atoms with Crippen LogP contribution in [0.5, 0.6) is 0 Å². The maximum Gasteiger partial charge on any atom is 0.251 e. The van der Waals surface area contributed by atoms with Gasteiger partial charge < -0.3 is 16.4 Å². The number of carbonyl (C=O) groups excluding carboxylic acids is 2. The Hall–Kier alpha value is -1.59.